The van der Waals surface area contributed by atoms with Gasteiger partial charge in [0.15, 0.2) is 23.1 Å². The van der Waals surface area contributed by atoms with Gasteiger partial charge in [0.1, 0.15) is 6.61 Å². The number of nitriles is 2. The molecule has 0 radical (unpaired) electrons. The number of nitrogens with one attached hydrogen (secondary N) is 2. The van der Waals surface area contributed by atoms with Crippen LogP contribution in [-0.4, -0.2) is 72.5 Å². The van der Waals surface area contributed by atoms with Gasteiger partial charge >= 0.3 is 0 Å². The van der Waals surface area contributed by atoms with E-state index in [9.17, 15) is 22.3 Å². The van der Waals surface area contributed by atoms with E-state index in [1.54, 1.807) is 43.0 Å². The van der Waals surface area contributed by atoms with Gasteiger partial charge in [0, 0.05) is 35.9 Å². The van der Waals surface area contributed by atoms with Crippen molar-refractivity contribution < 1.29 is 31.2 Å². The second kappa shape index (κ2) is 18.2. The predicted molar refractivity (Wildman–Crippen MR) is 234 cm³/mol. The standard InChI is InChI=1S/C22H21FN6O.C17H16FN5O.C6H9NO3S/c1-14-9-25-21(27-16-10-26-29(11-16)17-3-4-17)28-20(14)15-2-5-19(18(23)8-15)30-13-22(12-24)6-7-22;1-10-7-19-17(21-12-8-20-23(9-12)13-3-4-13)22-16(10)11-2-5-15(24)14(18)6-11;1-11(8,9)10-5-6(4-7)2-3-6/h2,5,8-11,17H,3-4,6-7,13H2,1H3,(H,25,27,28);2,5-9,13,24H,3-4H2,1H3,(H,19,21,22);2-3,5H2,1H3. The molecule has 65 heavy (non-hydrogen) atoms. The second-order valence-electron chi connectivity index (χ2n) is 16.9. The molecule has 4 aliphatic rings. The summed E-state index contributed by atoms with van der Waals surface area (Å²) in [5.41, 5.74) is 4.82. The molecule has 4 aliphatic carbocycles. The summed E-state index contributed by atoms with van der Waals surface area (Å²) in [5.74, 6) is -0.532. The summed E-state index contributed by atoms with van der Waals surface area (Å²) in [6.45, 7) is 3.97. The summed E-state index contributed by atoms with van der Waals surface area (Å²) >= 11 is 0. The number of ether oxygens (including phenoxy) is 1. The molecule has 6 aromatic rings. The molecule has 4 aromatic heterocycles. The lowest BCUT2D eigenvalue weighted by Gasteiger charge is -2.12. The van der Waals surface area contributed by atoms with Gasteiger partial charge in [-0.1, -0.05) is 0 Å². The highest BCUT2D eigenvalue weighted by atomic mass is 32.2. The van der Waals surface area contributed by atoms with Crippen LogP contribution in [0.25, 0.3) is 22.5 Å². The van der Waals surface area contributed by atoms with Gasteiger partial charge in [0.2, 0.25) is 11.9 Å². The van der Waals surface area contributed by atoms with Crippen LogP contribution in [0.3, 0.4) is 0 Å². The van der Waals surface area contributed by atoms with Crippen LogP contribution < -0.4 is 15.4 Å². The van der Waals surface area contributed by atoms with Crippen LogP contribution in [-0.2, 0) is 14.3 Å². The van der Waals surface area contributed by atoms with Crippen molar-refractivity contribution in [3.8, 4) is 46.2 Å². The molecule has 4 saturated carbocycles. The van der Waals surface area contributed by atoms with E-state index >= 15 is 0 Å². The van der Waals surface area contributed by atoms with E-state index in [1.165, 1.54) is 31.0 Å². The minimum atomic E-state index is -3.38. The summed E-state index contributed by atoms with van der Waals surface area (Å²) in [6.07, 6.45) is 19.5. The molecule has 3 N–H and O–H groups in total. The lowest BCUT2D eigenvalue weighted by Crippen LogP contribution is -2.12. The van der Waals surface area contributed by atoms with Crippen LogP contribution in [0.2, 0.25) is 0 Å². The largest absolute Gasteiger partial charge is 0.505 e. The highest BCUT2D eigenvalue weighted by Crippen LogP contribution is 2.46. The summed E-state index contributed by atoms with van der Waals surface area (Å²) in [4.78, 5) is 17.6. The number of nitrogens with zero attached hydrogens (tertiary/aromatic N) is 10. The number of aromatic nitrogens is 8. The zero-order valence-corrected chi connectivity index (χ0v) is 36.7. The quantitative estimate of drug-likeness (QED) is 0.0871. The van der Waals surface area contributed by atoms with Gasteiger partial charge in [-0.3, -0.25) is 13.5 Å². The number of anilines is 4. The number of halogens is 2. The minimum Gasteiger partial charge on any atom is -0.505 e. The topological polar surface area (TPSA) is 232 Å². The van der Waals surface area contributed by atoms with Crippen molar-refractivity contribution in [3.63, 3.8) is 0 Å². The van der Waals surface area contributed by atoms with Crippen molar-refractivity contribution >= 4 is 33.4 Å². The Hall–Kier alpha value is -7.03. The van der Waals surface area contributed by atoms with Gasteiger partial charge in [-0.25, -0.2) is 28.7 Å². The summed E-state index contributed by atoms with van der Waals surface area (Å²) in [6, 6.07) is 14.3. The van der Waals surface area contributed by atoms with Crippen LogP contribution in [0.4, 0.5) is 32.1 Å². The monoisotopic (exact) mass is 904 g/mol. The fraction of sp³-hybridized carbons (Fsp3) is 0.378. The Balaban J connectivity index is 0.000000147. The molecular formula is C45H46F2N12O5S. The Bertz CT molecular complexity index is 2910. The van der Waals surface area contributed by atoms with Gasteiger partial charge in [0.05, 0.1) is 83.1 Å². The number of rotatable bonds is 14. The molecule has 0 atom stereocenters. The molecule has 336 valence electrons. The highest BCUT2D eigenvalue weighted by molar-refractivity contribution is 7.86. The maximum atomic E-state index is 14.6. The number of aromatic hydroxyl groups is 1. The number of benzene rings is 2. The molecule has 0 amide bonds. The second-order valence-corrected chi connectivity index (χ2v) is 18.6. The predicted octanol–water partition coefficient (Wildman–Crippen LogP) is 8.39. The van der Waals surface area contributed by atoms with Gasteiger partial charge in [-0.2, -0.15) is 29.1 Å². The molecule has 10 rings (SSSR count). The van der Waals surface area contributed by atoms with Crippen molar-refractivity contribution in [2.75, 3.05) is 30.1 Å². The van der Waals surface area contributed by atoms with E-state index in [2.05, 4.69) is 51.0 Å². The summed E-state index contributed by atoms with van der Waals surface area (Å²) in [5, 5.41) is 42.0. The average Bonchev–Trinajstić information content (AvgIpc) is 4.10. The van der Waals surface area contributed by atoms with Gasteiger partial charge in [0.25, 0.3) is 10.1 Å². The molecule has 4 fully saturated rings. The number of aryl methyl sites for hydroxylation is 2. The number of hydrogen-bond donors (Lipinski definition) is 3. The van der Waals surface area contributed by atoms with Gasteiger partial charge in [-0.05, 0) is 113 Å². The first-order valence-corrected chi connectivity index (χ1v) is 22.8. The zero-order chi connectivity index (χ0) is 45.9. The van der Waals surface area contributed by atoms with E-state index in [0.717, 1.165) is 67.3 Å². The normalized spacial score (nSPS) is 16.4. The van der Waals surface area contributed by atoms with E-state index in [1.807, 2.05) is 41.7 Å². The Kier molecular flexibility index (Phi) is 12.5. The smallest absolute Gasteiger partial charge is 0.264 e. The maximum absolute atomic E-state index is 14.6. The molecule has 0 bridgehead atoms. The van der Waals surface area contributed by atoms with Crippen molar-refractivity contribution in [1.29, 1.82) is 10.5 Å². The Morgan fingerprint density at radius 2 is 1.23 bits per heavy atom. The van der Waals surface area contributed by atoms with E-state index < -0.39 is 32.6 Å². The highest BCUT2D eigenvalue weighted by Gasteiger charge is 2.45. The van der Waals surface area contributed by atoms with Crippen LogP contribution >= 0.6 is 0 Å². The van der Waals surface area contributed by atoms with Crippen molar-refractivity contribution in [1.82, 2.24) is 39.5 Å². The summed E-state index contributed by atoms with van der Waals surface area (Å²) in [7, 11) is -3.38. The first-order chi connectivity index (χ1) is 31.1. The van der Waals surface area contributed by atoms with Crippen LogP contribution in [0.15, 0.2) is 73.6 Å². The summed E-state index contributed by atoms with van der Waals surface area (Å²) < 4.78 is 63.1. The molecule has 0 spiro atoms. The van der Waals surface area contributed by atoms with E-state index in [0.29, 0.717) is 46.5 Å². The van der Waals surface area contributed by atoms with Crippen LogP contribution in [0, 0.1) is 59.0 Å². The SMILES string of the molecule is CS(=O)(=O)OCC1(C#N)CC1.Cc1cnc(Nc2cnn(C3CC3)c2)nc1-c1ccc(O)c(F)c1.Cc1cnc(Nc2cnn(C3CC3)c2)nc1-c1ccc(OCC2(C#N)CC2)c(F)c1. The Labute approximate surface area is 374 Å². The molecular weight excluding hydrogens is 859 g/mol. The van der Waals surface area contributed by atoms with Crippen molar-refractivity contribution in [3.05, 3.63) is 96.3 Å². The van der Waals surface area contributed by atoms with E-state index in [4.69, 9.17) is 15.3 Å². The zero-order valence-electron chi connectivity index (χ0n) is 35.9. The maximum Gasteiger partial charge on any atom is 0.264 e. The van der Waals surface area contributed by atoms with Crippen molar-refractivity contribution in [2.24, 2.45) is 10.8 Å². The van der Waals surface area contributed by atoms with Crippen LogP contribution in [0.1, 0.15) is 74.6 Å². The molecule has 17 nitrogen and oxygen atoms in total. The lowest BCUT2D eigenvalue weighted by atomic mass is 10.1. The molecule has 0 saturated heterocycles. The number of hydrogen-bond acceptors (Lipinski definition) is 15. The Morgan fingerprint density at radius 1 is 0.754 bits per heavy atom. The third-order valence-electron chi connectivity index (χ3n) is 11.2. The molecule has 4 heterocycles. The first-order valence-electron chi connectivity index (χ1n) is 21.0. The number of phenols is 1. The van der Waals surface area contributed by atoms with E-state index in [-0.39, 0.29) is 24.7 Å². The molecule has 20 heteroatoms. The third kappa shape index (κ3) is 11.6. The van der Waals surface area contributed by atoms with Crippen LogP contribution in [0.5, 0.6) is 11.5 Å². The first kappa shape index (κ1) is 44.6. The molecule has 2 aromatic carbocycles. The molecule has 0 aliphatic heterocycles. The third-order valence-corrected chi connectivity index (χ3v) is 11.7. The average molecular weight is 905 g/mol. The number of phenolic OH excluding ortho intramolecular Hbond substituents is 1. The fourth-order valence-corrected chi connectivity index (χ4v) is 6.90. The molecule has 0 unspecified atom stereocenters. The van der Waals surface area contributed by atoms with Gasteiger partial charge < -0.3 is 20.5 Å². The Morgan fingerprint density at radius 3 is 1.66 bits per heavy atom. The fourth-order valence-electron chi connectivity index (χ4n) is 6.46. The van der Waals surface area contributed by atoms with Crippen molar-refractivity contribution in [2.45, 2.75) is 77.3 Å². The lowest BCUT2D eigenvalue weighted by molar-refractivity contribution is 0.257. The minimum absolute atomic E-state index is 0.0162. The van der Waals surface area contributed by atoms with Gasteiger partial charge in [-0.15, -0.1) is 0 Å².